The van der Waals surface area contributed by atoms with E-state index >= 15 is 0 Å². The fraction of sp³-hybridized carbons (Fsp3) is 0.650. The van der Waals surface area contributed by atoms with Crippen LogP contribution < -0.4 is 10.2 Å². The molecule has 1 atom stereocenters. The van der Waals surface area contributed by atoms with E-state index in [0.717, 1.165) is 44.6 Å². The summed E-state index contributed by atoms with van der Waals surface area (Å²) in [5, 5.41) is 3.11. The van der Waals surface area contributed by atoms with E-state index in [4.69, 9.17) is 0 Å². The first-order valence-corrected chi connectivity index (χ1v) is 9.78. The van der Waals surface area contributed by atoms with Crippen LogP contribution in [0.1, 0.15) is 32.3 Å². The van der Waals surface area contributed by atoms with E-state index in [2.05, 4.69) is 35.0 Å². The minimum atomic E-state index is 0.0500. The highest BCUT2D eigenvalue weighted by atomic mass is 16.2. The Morgan fingerprint density at radius 2 is 1.84 bits per heavy atom. The Bertz CT molecular complexity index is 569. The average Bonchev–Trinajstić information content (AvgIpc) is 2.97. The molecule has 0 aromatic heterocycles. The maximum absolute atomic E-state index is 12.6. The van der Waals surface area contributed by atoms with Crippen molar-refractivity contribution in [1.29, 1.82) is 0 Å². The van der Waals surface area contributed by atoms with Crippen molar-refractivity contribution in [2.24, 2.45) is 0 Å². The number of nitrogens with zero attached hydrogens (tertiary/aromatic N) is 3. The van der Waals surface area contributed by atoms with Crippen molar-refractivity contribution < 1.29 is 4.79 Å². The molecular weight excluding hydrogens is 312 g/mol. The Morgan fingerprint density at radius 3 is 2.60 bits per heavy atom. The Hall–Kier alpha value is -1.59. The minimum Gasteiger partial charge on any atom is -0.338 e. The predicted molar refractivity (Wildman–Crippen MR) is 103 cm³/mol. The Morgan fingerprint density at radius 1 is 1.12 bits per heavy atom. The van der Waals surface area contributed by atoms with Crippen molar-refractivity contribution in [3.63, 3.8) is 0 Å². The molecule has 1 fully saturated rings. The van der Waals surface area contributed by atoms with Crippen LogP contribution in [0.2, 0.25) is 0 Å². The molecule has 138 valence electrons. The van der Waals surface area contributed by atoms with Gasteiger partial charge in [0, 0.05) is 44.5 Å². The van der Waals surface area contributed by atoms with Gasteiger partial charge in [0.2, 0.25) is 0 Å². The minimum absolute atomic E-state index is 0.0500. The molecule has 2 heterocycles. The molecule has 5 nitrogen and oxygen atoms in total. The zero-order valence-electron chi connectivity index (χ0n) is 15.7. The second-order valence-corrected chi connectivity index (χ2v) is 7.27. The van der Waals surface area contributed by atoms with Crippen molar-refractivity contribution in [1.82, 2.24) is 15.1 Å². The van der Waals surface area contributed by atoms with Gasteiger partial charge in [0.1, 0.15) is 0 Å². The van der Waals surface area contributed by atoms with Gasteiger partial charge in [-0.05, 0) is 50.9 Å². The number of benzene rings is 1. The third kappa shape index (κ3) is 4.53. The molecule has 1 unspecified atom stereocenters. The average molecular weight is 345 g/mol. The molecule has 5 heteroatoms. The van der Waals surface area contributed by atoms with Gasteiger partial charge in [0.25, 0.3) is 0 Å². The third-order valence-electron chi connectivity index (χ3n) is 5.52. The molecule has 2 aliphatic heterocycles. The molecule has 2 aliphatic rings. The van der Waals surface area contributed by atoms with E-state index < -0.39 is 0 Å². The zero-order valence-corrected chi connectivity index (χ0v) is 15.7. The second-order valence-electron chi connectivity index (χ2n) is 7.27. The number of hydrogen-bond acceptors (Lipinski definition) is 3. The monoisotopic (exact) mass is 344 g/mol. The van der Waals surface area contributed by atoms with Gasteiger partial charge in [0.15, 0.2) is 0 Å². The zero-order chi connectivity index (χ0) is 17.6. The lowest BCUT2D eigenvalue weighted by Crippen LogP contribution is -2.46. The van der Waals surface area contributed by atoms with Crippen molar-refractivity contribution in [2.75, 3.05) is 50.7 Å². The Kier molecular flexibility index (Phi) is 6.32. The van der Waals surface area contributed by atoms with Gasteiger partial charge in [-0.1, -0.05) is 25.1 Å². The number of fused-ring (bicyclic) bond motifs is 1. The summed E-state index contributed by atoms with van der Waals surface area (Å²) in [6.07, 6.45) is 3.15. The van der Waals surface area contributed by atoms with E-state index in [9.17, 15) is 4.79 Å². The number of rotatable bonds is 6. The molecule has 2 amide bonds. The standard InChI is InChI=1S/C20H32N4O/c1-3-22-12-14-23(15-13-22)11-7-6-10-21-20(25)24-17(2)16-18-8-4-5-9-19(18)24/h4-5,8-9,17H,3,6-7,10-16H2,1-2H3,(H,21,25). The van der Waals surface area contributed by atoms with Crippen LogP contribution in [0.25, 0.3) is 0 Å². The predicted octanol–water partition coefficient (Wildman–Crippen LogP) is 2.56. The summed E-state index contributed by atoms with van der Waals surface area (Å²) in [6.45, 7) is 12.2. The van der Waals surface area contributed by atoms with Crippen LogP contribution >= 0.6 is 0 Å². The summed E-state index contributed by atoms with van der Waals surface area (Å²) in [5.74, 6) is 0. The molecule has 0 aliphatic carbocycles. The van der Waals surface area contributed by atoms with Gasteiger partial charge in [-0.25, -0.2) is 4.79 Å². The fourth-order valence-corrected chi connectivity index (χ4v) is 3.95. The van der Waals surface area contributed by atoms with Crippen LogP contribution in [-0.2, 0) is 6.42 Å². The number of anilines is 1. The summed E-state index contributed by atoms with van der Waals surface area (Å²) in [5.41, 5.74) is 2.35. The van der Waals surface area contributed by atoms with Crippen LogP contribution in [-0.4, -0.2) is 67.7 Å². The van der Waals surface area contributed by atoms with Crippen molar-refractivity contribution in [2.45, 2.75) is 39.2 Å². The number of nitrogens with one attached hydrogen (secondary N) is 1. The maximum Gasteiger partial charge on any atom is 0.322 e. The Balaban J connectivity index is 1.35. The quantitative estimate of drug-likeness (QED) is 0.806. The van der Waals surface area contributed by atoms with Gasteiger partial charge in [-0.15, -0.1) is 0 Å². The number of carbonyl (C=O) groups excluding carboxylic acids is 1. The summed E-state index contributed by atoms with van der Waals surface area (Å²) in [6, 6.07) is 8.52. The molecule has 3 rings (SSSR count). The molecule has 1 aromatic rings. The number of para-hydroxylation sites is 1. The molecule has 1 N–H and O–H groups in total. The van der Waals surface area contributed by atoms with Crippen LogP contribution in [0.4, 0.5) is 10.5 Å². The van der Waals surface area contributed by atoms with Crippen molar-refractivity contribution in [3.05, 3.63) is 29.8 Å². The molecule has 1 aromatic carbocycles. The van der Waals surface area contributed by atoms with E-state index in [1.165, 1.54) is 31.7 Å². The molecule has 1 saturated heterocycles. The van der Waals surface area contributed by atoms with E-state index in [0.29, 0.717) is 0 Å². The Labute approximate surface area is 152 Å². The molecule has 0 spiro atoms. The van der Waals surface area contributed by atoms with E-state index in [1.807, 2.05) is 23.1 Å². The first kappa shape index (κ1) is 18.2. The highest BCUT2D eigenvalue weighted by Crippen LogP contribution is 2.31. The smallest absolute Gasteiger partial charge is 0.322 e. The second kappa shape index (κ2) is 8.68. The van der Waals surface area contributed by atoms with E-state index in [1.54, 1.807) is 0 Å². The molecule has 0 saturated carbocycles. The summed E-state index contributed by atoms with van der Waals surface area (Å²) >= 11 is 0. The van der Waals surface area contributed by atoms with Crippen molar-refractivity contribution in [3.8, 4) is 0 Å². The van der Waals surface area contributed by atoms with Crippen LogP contribution in [0.5, 0.6) is 0 Å². The number of piperazine rings is 1. The molecule has 0 bridgehead atoms. The van der Waals surface area contributed by atoms with Gasteiger partial charge in [-0.3, -0.25) is 4.90 Å². The largest absolute Gasteiger partial charge is 0.338 e. The van der Waals surface area contributed by atoms with Crippen LogP contribution in [0.15, 0.2) is 24.3 Å². The van der Waals surface area contributed by atoms with Crippen LogP contribution in [0.3, 0.4) is 0 Å². The highest BCUT2D eigenvalue weighted by molar-refractivity contribution is 5.94. The van der Waals surface area contributed by atoms with Gasteiger partial charge in [0.05, 0.1) is 0 Å². The summed E-state index contributed by atoms with van der Waals surface area (Å²) in [7, 11) is 0. The molecule has 25 heavy (non-hydrogen) atoms. The molecule has 0 radical (unpaired) electrons. The lowest BCUT2D eigenvalue weighted by atomic mass is 10.1. The number of carbonyl (C=O) groups is 1. The first-order chi connectivity index (χ1) is 12.2. The third-order valence-corrected chi connectivity index (χ3v) is 5.52. The maximum atomic E-state index is 12.6. The van der Waals surface area contributed by atoms with Gasteiger partial charge in [-0.2, -0.15) is 0 Å². The van der Waals surface area contributed by atoms with E-state index in [-0.39, 0.29) is 12.1 Å². The lowest BCUT2D eigenvalue weighted by molar-refractivity contribution is 0.136. The topological polar surface area (TPSA) is 38.8 Å². The number of amides is 2. The number of likely N-dealkylation sites (N-methyl/N-ethyl adjacent to an activating group) is 1. The summed E-state index contributed by atoms with van der Waals surface area (Å²) < 4.78 is 0. The first-order valence-electron chi connectivity index (χ1n) is 9.78. The SMILES string of the molecule is CCN1CCN(CCCCNC(=O)N2c3ccccc3CC2C)CC1. The van der Waals surface area contributed by atoms with Crippen LogP contribution in [0, 0.1) is 0 Å². The number of hydrogen-bond donors (Lipinski definition) is 1. The number of urea groups is 1. The number of unbranched alkanes of at least 4 members (excludes halogenated alkanes) is 1. The van der Waals surface area contributed by atoms with Gasteiger partial charge < -0.3 is 15.1 Å². The fourth-order valence-electron chi connectivity index (χ4n) is 3.95. The molecular formula is C20H32N4O. The lowest BCUT2D eigenvalue weighted by Gasteiger charge is -2.34. The van der Waals surface area contributed by atoms with Crippen molar-refractivity contribution >= 4 is 11.7 Å². The summed E-state index contributed by atoms with van der Waals surface area (Å²) in [4.78, 5) is 19.5. The normalized spacial score (nSPS) is 21.4. The highest BCUT2D eigenvalue weighted by Gasteiger charge is 2.30. The van der Waals surface area contributed by atoms with Gasteiger partial charge >= 0.3 is 6.03 Å².